The molecule has 156 valence electrons. The largest absolute Gasteiger partial charge is 0.379 e. The molecule has 1 N–H and O–H groups in total. The van der Waals surface area contributed by atoms with Gasteiger partial charge < -0.3 is 15.0 Å². The molecule has 2 saturated heterocycles. The topological polar surface area (TPSA) is 61.9 Å². The first-order valence-corrected chi connectivity index (χ1v) is 12.4. The summed E-state index contributed by atoms with van der Waals surface area (Å²) in [6.45, 7) is 6.06. The Kier molecular flexibility index (Phi) is 8.08. The molecule has 28 heavy (non-hydrogen) atoms. The zero-order valence-corrected chi connectivity index (χ0v) is 18.0. The molecule has 3 rings (SSSR count). The van der Waals surface area contributed by atoms with Gasteiger partial charge in [-0.3, -0.25) is 4.90 Å². The van der Waals surface area contributed by atoms with Crippen LogP contribution in [-0.4, -0.2) is 86.8 Å². The van der Waals surface area contributed by atoms with Gasteiger partial charge in [0.2, 0.25) is 0 Å². The second-order valence-electron chi connectivity index (χ2n) is 7.53. The lowest BCUT2D eigenvalue weighted by molar-refractivity contribution is 0.0365. The molecule has 2 heterocycles. The summed E-state index contributed by atoms with van der Waals surface area (Å²) in [6, 6.07) is 10.3. The van der Waals surface area contributed by atoms with E-state index in [1.165, 1.54) is 5.56 Å². The summed E-state index contributed by atoms with van der Waals surface area (Å²) in [5.41, 5.74) is 1.26. The molecule has 0 aromatic heterocycles. The van der Waals surface area contributed by atoms with E-state index in [9.17, 15) is 8.42 Å². The van der Waals surface area contributed by atoms with Crippen molar-refractivity contribution in [2.45, 2.75) is 25.3 Å². The molecular formula is C20H31N3O3S2. The molecular weight excluding hydrogens is 394 g/mol. The fourth-order valence-electron chi connectivity index (χ4n) is 3.82. The van der Waals surface area contributed by atoms with Gasteiger partial charge in [-0.25, -0.2) is 8.42 Å². The van der Waals surface area contributed by atoms with Crippen LogP contribution < -0.4 is 5.32 Å². The summed E-state index contributed by atoms with van der Waals surface area (Å²) in [5, 5.41) is 4.03. The first-order valence-electron chi connectivity index (χ1n) is 10.1. The molecule has 1 atom stereocenters. The number of nitrogens with one attached hydrogen (secondary N) is 1. The van der Waals surface area contributed by atoms with Crippen molar-refractivity contribution < 1.29 is 13.2 Å². The summed E-state index contributed by atoms with van der Waals surface area (Å²) >= 11 is 5.66. The minimum Gasteiger partial charge on any atom is -0.379 e. The van der Waals surface area contributed by atoms with E-state index < -0.39 is 9.84 Å². The van der Waals surface area contributed by atoms with E-state index in [2.05, 4.69) is 27.2 Å². The van der Waals surface area contributed by atoms with Crippen molar-refractivity contribution in [2.24, 2.45) is 0 Å². The molecule has 1 aromatic carbocycles. The Morgan fingerprint density at radius 3 is 2.68 bits per heavy atom. The van der Waals surface area contributed by atoms with Crippen molar-refractivity contribution in [3.8, 4) is 0 Å². The minimum absolute atomic E-state index is 0.00795. The molecule has 0 aliphatic carbocycles. The molecule has 2 fully saturated rings. The summed E-state index contributed by atoms with van der Waals surface area (Å²) in [4.78, 5) is 4.52. The minimum atomic E-state index is -2.94. The van der Waals surface area contributed by atoms with Crippen molar-refractivity contribution in [1.82, 2.24) is 15.1 Å². The van der Waals surface area contributed by atoms with Gasteiger partial charge >= 0.3 is 0 Å². The summed E-state index contributed by atoms with van der Waals surface area (Å²) in [6.07, 6.45) is 2.53. The van der Waals surface area contributed by atoms with E-state index in [1.54, 1.807) is 0 Å². The van der Waals surface area contributed by atoms with Gasteiger partial charge in [-0.05, 0) is 37.0 Å². The number of morpholine rings is 1. The molecule has 2 aliphatic heterocycles. The number of ether oxygens (including phenoxy) is 1. The van der Waals surface area contributed by atoms with E-state index >= 15 is 0 Å². The Bertz CT molecular complexity index is 721. The highest BCUT2D eigenvalue weighted by molar-refractivity contribution is 7.91. The van der Waals surface area contributed by atoms with Crippen LogP contribution >= 0.6 is 12.2 Å². The monoisotopic (exact) mass is 425 g/mol. The zero-order valence-electron chi connectivity index (χ0n) is 16.4. The van der Waals surface area contributed by atoms with E-state index in [0.29, 0.717) is 11.5 Å². The van der Waals surface area contributed by atoms with E-state index in [4.69, 9.17) is 17.0 Å². The van der Waals surface area contributed by atoms with E-state index in [-0.39, 0.29) is 17.5 Å². The Hall–Kier alpha value is -1.22. The number of sulfone groups is 1. The molecule has 0 bridgehead atoms. The highest BCUT2D eigenvalue weighted by atomic mass is 32.2. The first kappa shape index (κ1) is 21.5. The Morgan fingerprint density at radius 2 is 2.00 bits per heavy atom. The second-order valence-corrected chi connectivity index (χ2v) is 10.1. The average molecular weight is 426 g/mol. The lowest BCUT2D eigenvalue weighted by Gasteiger charge is -2.33. The van der Waals surface area contributed by atoms with Crippen molar-refractivity contribution in [1.29, 1.82) is 0 Å². The van der Waals surface area contributed by atoms with Gasteiger partial charge in [0, 0.05) is 38.8 Å². The molecule has 0 radical (unpaired) electrons. The lowest BCUT2D eigenvalue weighted by atomic mass is 10.1. The molecule has 6 nitrogen and oxygen atoms in total. The van der Waals surface area contributed by atoms with Gasteiger partial charge in [0.25, 0.3) is 0 Å². The van der Waals surface area contributed by atoms with Crippen LogP contribution in [0.5, 0.6) is 0 Å². The zero-order chi connectivity index (χ0) is 19.8. The van der Waals surface area contributed by atoms with Crippen molar-refractivity contribution in [3.05, 3.63) is 35.9 Å². The van der Waals surface area contributed by atoms with Crippen LogP contribution in [0.1, 0.15) is 18.4 Å². The number of thiocarbonyl (C=S) groups is 1. The summed E-state index contributed by atoms with van der Waals surface area (Å²) < 4.78 is 29.4. The molecule has 0 saturated carbocycles. The Morgan fingerprint density at radius 1 is 1.25 bits per heavy atom. The Balaban J connectivity index is 1.51. The predicted octanol–water partition coefficient (Wildman–Crippen LogP) is 1.32. The molecule has 1 aromatic rings. The van der Waals surface area contributed by atoms with Gasteiger partial charge in [0.1, 0.15) is 0 Å². The molecule has 8 heteroatoms. The third-order valence-electron chi connectivity index (χ3n) is 5.42. The van der Waals surface area contributed by atoms with Gasteiger partial charge in [0.15, 0.2) is 14.9 Å². The number of benzene rings is 1. The van der Waals surface area contributed by atoms with Gasteiger partial charge in [-0.1, -0.05) is 30.3 Å². The van der Waals surface area contributed by atoms with Crippen molar-refractivity contribution >= 4 is 27.2 Å². The predicted molar refractivity (Wildman–Crippen MR) is 116 cm³/mol. The molecule has 0 spiro atoms. The number of rotatable bonds is 8. The average Bonchev–Trinajstić information content (AvgIpc) is 3.06. The maximum Gasteiger partial charge on any atom is 0.169 e. The van der Waals surface area contributed by atoms with Crippen LogP contribution in [0.4, 0.5) is 0 Å². The molecule has 0 amide bonds. The second kappa shape index (κ2) is 10.5. The highest BCUT2D eigenvalue weighted by Crippen LogP contribution is 2.18. The first-order chi connectivity index (χ1) is 13.5. The third kappa shape index (κ3) is 6.69. The van der Waals surface area contributed by atoms with Crippen molar-refractivity contribution in [3.63, 3.8) is 0 Å². The lowest BCUT2D eigenvalue weighted by Crippen LogP contribution is -2.48. The molecule has 2 aliphatic rings. The highest BCUT2D eigenvalue weighted by Gasteiger charge is 2.33. The number of hydrogen-bond acceptors (Lipinski definition) is 5. The maximum absolute atomic E-state index is 12.0. The van der Waals surface area contributed by atoms with Crippen LogP contribution in [0.2, 0.25) is 0 Å². The van der Waals surface area contributed by atoms with E-state index in [0.717, 1.165) is 58.8 Å². The standard InChI is InChI=1S/C20H31N3O3S2/c24-28(25)16-8-19(17-28)23(11-4-10-22-12-14-26-15-13-22)20(27)21-9-7-18-5-2-1-3-6-18/h1-3,5-6,19H,4,7-17H2,(H,21,27)/t19-/m1/s1. The normalized spacial score (nSPS) is 22.1. The van der Waals surface area contributed by atoms with E-state index in [1.807, 2.05) is 18.2 Å². The van der Waals surface area contributed by atoms with Crippen LogP contribution in [0.25, 0.3) is 0 Å². The fraction of sp³-hybridized carbons (Fsp3) is 0.650. The maximum atomic E-state index is 12.0. The van der Waals surface area contributed by atoms with Crippen LogP contribution in [-0.2, 0) is 21.0 Å². The van der Waals surface area contributed by atoms with Gasteiger partial charge in [-0.2, -0.15) is 0 Å². The smallest absolute Gasteiger partial charge is 0.169 e. The third-order valence-corrected chi connectivity index (χ3v) is 7.55. The number of hydrogen-bond donors (Lipinski definition) is 1. The summed E-state index contributed by atoms with van der Waals surface area (Å²) in [7, 11) is -2.94. The summed E-state index contributed by atoms with van der Waals surface area (Å²) in [5.74, 6) is 0.481. The number of nitrogens with zero attached hydrogens (tertiary/aromatic N) is 2. The van der Waals surface area contributed by atoms with Gasteiger partial charge in [0.05, 0.1) is 24.7 Å². The SMILES string of the molecule is O=S1(=O)CC[C@@H](N(CCCN2CCOCC2)C(=S)NCCc2ccccc2)C1. The van der Waals surface area contributed by atoms with Crippen molar-refractivity contribution in [2.75, 3.05) is 57.4 Å². The van der Waals surface area contributed by atoms with Gasteiger partial charge in [-0.15, -0.1) is 0 Å². The van der Waals surface area contributed by atoms with Crippen LogP contribution in [0.3, 0.4) is 0 Å². The quantitative estimate of drug-likeness (QED) is 0.630. The molecule has 0 unspecified atom stereocenters. The Labute approximate surface area is 174 Å². The van der Waals surface area contributed by atoms with Crippen LogP contribution in [0.15, 0.2) is 30.3 Å². The van der Waals surface area contributed by atoms with Crippen LogP contribution in [0, 0.1) is 0 Å². The fourth-order valence-corrected chi connectivity index (χ4v) is 5.89.